The quantitative estimate of drug-likeness (QED) is 0.874. The number of thiophene rings is 1. The Kier molecular flexibility index (Phi) is 4.21. The van der Waals surface area contributed by atoms with Crippen LogP contribution in [0.25, 0.3) is 0 Å². The van der Waals surface area contributed by atoms with Gasteiger partial charge in [-0.2, -0.15) is 4.31 Å². The molecule has 1 fully saturated rings. The number of aliphatic imine (C=N–C) groups is 1. The highest BCUT2D eigenvalue weighted by Gasteiger charge is 2.44. The van der Waals surface area contributed by atoms with E-state index >= 15 is 0 Å². The van der Waals surface area contributed by atoms with Crippen LogP contribution in [0.15, 0.2) is 51.7 Å². The minimum absolute atomic E-state index is 0.178. The Labute approximate surface area is 156 Å². The number of hydrogen-bond acceptors (Lipinski definition) is 5. The van der Waals surface area contributed by atoms with Crippen molar-refractivity contribution in [2.75, 3.05) is 13.1 Å². The molecule has 2 aromatic rings. The summed E-state index contributed by atoms with van der Waals surface area (Å²) in [5, 5.41) is 4.88. The second kappa shape index (κ2) is 6.29. The van der Waals surface area contributed by atoms with Gasteiger partial charge < -0.3 is 5.32 Å². The maximum Gasteiger partial charge on any atom is 0.272 e. The molecule has 1 aromatic heterocycles. The van der Waals surface area contributed by atoms with Crippen LogP contribution in [0.3, 0.4) is 0 Å². The van der Waals surface area contributed by atoms with Crippen molar-refractivity contribution in [2.24, 2.45) is 4.99 Å². The number of sulfonamides is 1. The van der Waals surface area contributed by atoms with Crippen LogP contribution >= 0.6 is 11.3 Å². The van der Waals surface area contributed by atoms with Crippen LogP contribution in [0.2, 0.25) is 0 Å². The van der Waals surface area contributed by atoms with Crippen molar-refractivity contribution in [2.45, 2.75) is 30.3 Å². The summed E-state index contributed by atoms with van der Waals surface area (Å²) in [6, 6.07) is 10.6. The van der Waals surface area contributed by atoms with Crippen LogP contribution in [0.5, 0.6) is 0 Å². The third-order valence-corrected chi connectivity index (χ3v) is 7.64. The van der Waals surface area contributed by atoms with E-state index in [1.807, 2.05) is 24.4 Å². The Morgan fingerprint density at radius 3 is 2.46 bits per heavy atom. The largest absolute Gasteiger partial charge is 0.326 e. The van der Waals surface area contributed by atoms with E-state index in [9.17, 15) is 13.2 Å². The summed E-state index contributed by atoms with van der Waals surface area (Å²) < 4.78 is 27.1. The molecule has 1 saturated heterocycles. The van der Waals surface area contributed by atoms with Crippen LogP contribution < -0.4 is 5.32 Å². The van der Waals surface area contributed by atoms with E-state index in [0.717, 1.165) is 10.4 Å². The Hall–Kier alpha value is -2.03. The molecule has 8 heteroatoms. The summed E-state index contributed by atoms with van der Waals surface area (Å²) in [7, 11) is -3.52. The van der Waals surface area contributed by atoms with Gasteiger partial charge >= 0.3 is 0 Å². The lowest BCUT2D eigenvalue weighted by molar-refractivity contribution is -0.115. The Morgan fingerprint density at radius 1 is 1.15 bits per heavy atom. The monoisotopic (exact) mass is 389 g/mol. The number of piperidine rings is 1. The molecule has 4 rings (SSSR count). The number of aryl methyl sites for hydroxylation is 1. The van der Waals surface area contributed by atoms with Crippen LogP contribution in [0.4, 0.5) is 0 Å². The zero-order chi connectivity index (χ0) is 18.4. The number of rotatable bonds is 3. The molecule has 0 radical (unpaired) electrons. The molecule has 0 saturated carbocycles. The fourth-order valence-corrected chi connectivity index (χ4v) is 5.49. The summed E-state index contributed by atoms with van der Waals surface area (Å²) >= 11 is 1.48. The molecule has 2 aliphatic heterocycles. The van der Waals surface area contributed by atoms with Gasteiger partial charge in [-0.25, -0.2) is 8.42 Å². The Bertz CT molecular complexity index is 956. The van der Waals surface area contributed by atoms with Gasteiger partial charge in [0.15, 0.2) is 0 Å². The summed E-state index contributed by atoms with van der Waals surface area (Å²) in [5.74, 6) is -0.178. The molecular weight excluding hydrogens is 370 g/mol. The number of benzene rings is 1. The standard InChI is InChI=1S/C18H19N3O3S2/c1-13-4-6-14(7-5-13)26(23,24)21-10-8-18(9-11-21)19-16(17(22)20-18)15-3-2-12-25-15/h2-7,12H,8-11H2,1H3,(H,20,22). The molecule has 0 unspecified atom stereocenters. The first-order chi connectivity index (χ1) is 12.4. The third kappa shape index (κ3) is 2.98. The predicted octanol–water partition coefficient (Wildman–Crippen LogP) is 2.16. The van der Waals surface area contributed by atoms with Crippen molar-refractivity contribution in [3.63, 3.8) is 0 Å². The molecule has 0 bridgehead atoms. The topological polar surface area (TPSA) is 78.8 Å². The highest BCUT2D eigenvalue weighted by molar-refractivity contribution is 7.89. The van der Waals surface area contributed by atoms with Crippen molar-refractivity contribution < 1.29 is 13.2 Å². The minimum atomic E-state index is -3.52. The normalized spacial score (nSPS) is 20.2. The third-order valence-electron chi connectivity index (χ3n) is 4.85. The van der Waals surface area contributed by atoms with E-state index < -0.39 is 15.7 Å². The summed E-state index contributed by atoms with van der Waals surface area (Å²) in [6.45, 7) is 2.59. The molecule has 6 nitrogen and oxygen atoms in total. The van der Waals surface area contributed by atoms with Crippen LogP contribution in [0.1, 0.15) is 23.3 Å². The number of amides is 1. The number of carbonyl (C=O) groups is 1. The second-order valence-corrected chi connectivity index (χ2v) is 9.53. The van der Waals surface area contributed by atoms with E-state index in [-0.39, 0.29) is 5.91 Å². The molecule has 1 aromatic carbocycles. The van der Waals surface area contributed by atoms with Crippen molar-refractivity contribution in [1.29, 1.82) is 0 Å². The highest BCUT2D eigenvalue weighted by atomic mass is 32.2. The van der Waals surface area contributed by atoms with Gasteiger partial charge in [0.2, 0.25) is 10.0 Å². The lowest BCUT2D eigenvalue weighted by Crippen LogP contribution is -2.52. The molecule has 1 spiro atoms. The number of nitrogens with one attached hydrogen (secondary N) is 1. The minimum Gasteiger partial charge on any atom is -0.326 e. The Morgan fingerprint density at radius 2 is 1.85 bits per heavy atom. The van der Waals surface area contributed by atoms with Gasteiger partial charge in [0.25, 0.3) is 5.91 Å². The first-order valence-corrected chi connectivity index (χ1v) is 10.7. The number of hydrogen-bond donors (Lipinski definition) is 1. The smallest absolute Gasteiger partial charge is 0.272 e. The lowest BCUT2D eigenvalue weighted by atomic mass is 10.00. The highest BCUT2D eigenvalue weighted by Crippen LogP contribution is 2.32. The molecule has 0 atom stereocenters. The fourth-order valence-electron chi connectivity index (χ4n) is 3.34. The number of nitrogens with zero attached hydrogens (tertiary/aromatic N) is 2. The molecule has 26 heavy (non-hydrogen) atoms. The van der Waals surface area contributed by atoms with E-state index in [2.05, 4.69) is 10.3 Å². The van der Waals surface area contributed by atoms with Crippen molar-refractivity contribution in [1.82, 2.24) is 9.62 Å². The average Bonchev–Trinajstić information content (AvgIpc) is 3.24. The predicted molar refractivity (Wildman–Crippen MR) is 101 cm³/mol. The number of carbonyl (C=O) groups excluding carboxylic acids is 1. The van der Waals surface area contributed by atoms with E-state index in [4.69, 9.17) is 0 Å². The maximum absolute atomic E-state index is 12.8. The molecule has 1 N–H and O–H groups in total. The second-order valence-electron chi connectivity index (χ2n) is 6.64. The van der Waals surface area contributed by atoms with E-state index in [0.29, 0.717) is 36.5 Å². The van der Waals surface area contributed by atoms with Crippen LogP contribution in [0, 0.1) is 6.92 Å². The zero-order valence-corrected chi connectivity index (χ0v) is 15.9. The molecule has 2 aliphatic rings. The molecule has 136 valence electrons. The Balaban J connectivity index is 1.53. The van der Waals surface area contributed by atoms with Gasteiger partial charge in [-0.15, -0.1) is 11.3 Å². The SMILES string of the molecule is Cc1ccc(S(=O)(=O)N2CCC3(CC2)N=C(c2cccs2)C(=O)N3)cc1. The van der Waals surface area contributed by atoms with Crippen molar-refractivity contribution >= 4 is 33.0 Å². The molecular formula is C18H19N3O3S2. The van der Waals surface area contributed by atoms with Crippen LogP contribution in [-0.2, 0) is 14.8 Å². The molecule has 3 heterocycles. The van der Waals surface area contributed by atoms with Crippen molar-refractivity contribution in [3.8, 4) is 0 Å². The van der Waals surface area contributed by atoms with Crippen LogP contribution in [-0.4, -0.2) is 43.1 Å². The summed E-state index contributed by atoms with van der Waals surface area (Å²) in [6.07, 6.45) is 0.942. The molecule has 0 aliphatic carbocycles. The summed E-state index contributed by atoms with van der Waals surface area (Å²) in [5.41, 5.74) is 0.788. The maximum atomic E-state index is 12.8. The van der Waals surface area contributed by atoms with Gasteiger partial charge in [0, 0.05) is 25.9 Å². The van der Waals surface area contributed by atoms with Crippen molar-refractivity contribution in [3.05, 3.63) is 52.2 Å². The first kappa shape index (κ1) is 17.4. The lowest BCUT2D eigenvalue weighted by Gasteiger charge is -2.36. The van der Waals surface area contributed by atoms with E-state index in [1.165, 1.54) is 15.6 Å². The zero-order valence-electron chi connectivity index (χ0n) is 14.3. The van der Waals surface area contributed by atoms with Gasteiger partial charge in [-0.3, -0.25) is 9.79 Å². The van der Waals surface area contributed by atoms with Gasteiger partial charge in [0.05, 0.1) is 9.77 Å². The van der Waals surface area contributed by atoms with E-state index in [1.54, 1.807) is 24.3 Å². The molecule has 1 amide bonds. The average molecular weight is 390 g/mol. The fraction of sp³-hybridized carbons (Fsp3) is 0.333. The van der Waals surface area contributed by atoms with Gasteiger partial charge in [-0.05, 0) is 30.5 Å². The summed E-state index contributed by atoms with van der Waals surface area (Å²) in [4.78, 5) is 18.1. The van der Waals surface area contributed by atoms with Gasteiger partial charge in [0.1, 0.15) is 11.4 Å². The first-order valence-electron chi connectivity index (χ1n) is 8.43. The van der Waals surface area contributed by atoms with Gasteiger partial charge in [-0.1, -0.05) is 23.8 Å².